The van der Waals surface area contributed by atoms with Gasteiger partial charge in [0.25, 0.3) is 0 Å². The van der Waals surface area contributed by atoms with Crippen molar-refractivity contribution in [3.8, 4) is 23.8 Å². The van der Waals surface area contributed by atoms with E-state index in [1.54, 1.807) is 14.2 Å². The highest BCUT2D eigenvalue weighted by Crippen LogP contribution is 2.35. The number of amidine groups is 1. The van der Waals surface area contributed by atoms with Crippen LogP contribution < -0.4 is 20.1 Å². The van der Waals surface area contributed by atoms with E-state index < -0.39 is 0 Å². The van der Waals surface area contributed by atoms with Crippen molar-refractivity contribution in [2.45, 2.75) is 0 Å². The van der Waals surface area contributed by atoms with Gasteiger partial charge in [-0.15, -0.1) is 6.42 Å². The summed E-state index contributed by atoms with van der Waals surface area (Å²) in [6, 6.07) is 11.5. The van der Waals surface area contributed by atoms with Crippen LogP contribution in [0.3, 0.4) is 0 Å². The maximum absolute atomic E-state index is 5.88. The number of hydrogen-bond acceptors (Lipinski definition) is 7. The minimum absolute atomic E-state index is 0.410. The summed E-state index contributed by atoms with van der Waals surface area (Å²) >= 11 is 0. The lowest BCUT2D eigenvalue weighted by molar-refractivity contribution is 0.132. The molecule has 2 N–H and O–H groups in total. The summed E-state index contributed by atoms with van der Waals surface area (Å²) in [4.78, 5) is 4.57. The zero-order valence-electron chi connectivity index (χ0n) is 16.7. The molecule has 2 aromatic rings. The molecule has 29 heavy (non-hydrogen) atoms. The van der Waals surface area contributed by atoms with Crippen molar-refractivity contribution >= 4 is 17.2 Å². The van der Waals surface area contributed by atoms with Gasteiger partial charge < -0.3 is 29.6 Å². The van der Waals surface area contributed by atoms with Crippen LogP contribution in [-0.2, 0) is 9.47 Å². The Hall–Kier alpha value is -3.21. The number of methoxy groups -OCH3 is 2. The van der Waals surface area contributed by atoms with Gasteiger partial charge in [0.05, 0.1) is 18.9 Å². The predicted molar refractivity (Wildman–Crippen MR) is 114 cm³/mol. The summed E-state index contributed by atoms with van der Waals surface area (Å²) in [5.41, 5.74) is 3.46. The largest absolute Gasteiger partial charge is 0.487 e. The third-order valence-electron chi connectivity index (χ3n) is 4.23. The summed E-state index contributed by atoms with van der Waals surface area (Å²) in [5, 5.41) is 6.63. The van der Waals surface area contributed by atoms with Crippen LogP contribution in [0, 0.1) is 12.3 Å². The van der Waals surface area contributed by atoms with Gasteiger partial charge in [0, 0.05) is 37.1 Å². The fourth-order valence-corrected chi connectivity index (χ4v) is 2.82. The molecule has 7 heteroatoms. The zero-order chi connectivity index (χ0) is 20.5. The van der Waals surface area contributed by atoms with Crippen molar-refractivity contribution in [1.82, 2.24) is 0 Å². The number of nitrogens with zero attached hydrogens (tertiary/aromatic N) is 1. The lowest BCUT2D eigenvalue weighted by Gasteiger charge is -2.22. The summed E-state index contributed by atoms with van der Waals surface area (Å²) in [5.74, 6) is 4.63. The van der Waals surface area contributed by atoms with Gasteiger partial charge in [-0.05, 0) is 24.3 Å². The molecule has 0 aliphatic carbocycles. The van der Waals surface area contributed by atoms with Crippen LogP contribution in [-0.4, -0.2) is 53.2 Å². The van der Waals surface area contributed by atoms with Gasteiger partial charge in [-0.25, -0.2) is 4.99 Å². The molecule has 0 spiro atoms. The normalized spacial score (nSPS) is 12.2. The summed E-state index contributed by atoms with van der Waals surface area (Å²) in [6.45, 7) is 2.25. The quantitative estimate of drug-likeness (QED) is 0.502. The number of nitrogens with one attached hydrogen (secondary N) is 2. The number of aliphatic imine (C=N–C) groups is 1. The number of ether oxygens (including phenoxy) is 4. The second-order valence-electron chi connectivity index (χ2n) is 6.22. The first kappa shape index (κ1) is 20.5. The highest BCUT2D eigenvalue weighted by Gasteiger charge is 2.19. The first-order chi connectivity index (χ1) is 14.2. The molecule has 1 aliphatic rings. The standard InChI is InChI=1S/C22H25N3O4/c1-4-16-6-5-7-17(12-16)25-22-18-13-20(28-10-8-26-2)21(29-11-9-27-3)14-19(18)23-15-24-22/h1,5-7,12-14,23H,8-11,15H2,2-3H3,(H,24,25). The van der Waals surface area contributed by atoms with Gasteiger partial charge in [-0.2, -0.15) is 0 Å². The van der Waals surface area contributed by atoms with Crippen molar-refractivity contribution < 1.29 is 18.9 Å². The highest BCUT2D eigenvalue weighted by molar-refractivity contribution is 6.13. The third kappa shape index (κ3) is 5.41. The molecule has 7 nitrogen and oxygen atoms in total. The van der Waals surface area contributed by atoms with Gasteiger partial charge in [0.15, 0.2) is 11.5 Å². The van der Waals surface area contributed by atoms with Crippen LogP contribution in [0.15, 0.2) is 41.4 Å². The summed E-state index contributed by atoms with van der Waals surface area (Å²) in [7, 11) is 3.27. The molecule has 0 saturated heterocycles. The van der Waals surface area contributed by atoms with Crippen molar-refractivity contribution in [1.29, 1.82) is 0 Å². The third-order valence-corrected chi connectivity index (χ3v) is 4.23. The van der Waals surface area contributed by atoms with Gasteiger partial charge in [-0.1, -0.05) is 12.0 Å². The molecule has 3 rings (SSSR count). The number of rotatable bonds is 9. The first-order valence-electron chi connectivity index (χ1n) is 9.29. The minimum Gasteiger partial charge on any atom is -0.487 e. The first-order valence-corrected chi connectivity index (χ1v) is 9.29. The number of anilines is 2. The van der Waals surface area contributed by atoms with E-state index in [0.717, 1.165) is 28.3 Å². The molecule has 0 atom stereocenters. The number of fused-ring (bicyclic) bond motifs is 1. The Morgan fingerprint density at radius 1 is 1.03 bits per heavy atom. The number of benzene rings is 2. The number of terminal acetylenes is 1. The van der Waals surface area contributed by atoms with Crippen LogP contribution in [0.25, 0.3) is 0 Å². The van der Waals surface area contributed by atoms with Crippen LogP contribution >= 0.6 is 0 Å². The second-order valence-corrected chi connectivity index (χ2v) is 6.22. The minimum atomic E-state index is 0.410. The average molecular weight is 395 g/mol. The van der Waals surface area contributed by atoms with Crippen LogP contribution in [0.4, 0.5) is 11.4 Å². The van der Waals surface area contributed by atoms with E-state index in [2.05, 4.69) is 21.5 Å². The van der Waals surface area contributed by atoms with Crippen LogP contribution in [0.5, 0.6) is 11.5 Å². The lowest BCUT2D eigenvalue weighted by atomic mass is 10.1. The second kappa shape index (κ2) is 10.4. The average Bonchev–Trinajstić information content (AvgIpc) is 2.75. The summed E-state index contributed by atoms with van der Waals surface area (Å²) in [6.07, 6.45) is 5.51. The van der Waals surface area contributed by atoms with Gasteiger partial charge in [-0.3, -0.25) is 0 Å². The predicted octanol–water partition coefficient (Wildman–Crippen LogP) is 2.96. The fraction of sp³-hybridized carbons (Fsp3) is 0.318. The SMILES string of the molecule is C#Cc1cccc(NC2=NCNc3cc(OCCOC)c(OCCOC)cc32)c1. The molecule has 0 aromatic heterocycles. The molecule has 152 valence electrons. The van der Waals surface area contributed by atoms with E-state index >= 15 is 0 Å². The topological polar surface area (TPSA) is 73.3 Å². The Balaban J connectivity index is 1.87. The van der Waals surface area contributed by atoms with E-state index in [1.165, 1.54) is 0 Å². The highest BCUT2D eigenvalue weighted by atomic mass is 16.5. The smallest absolute Gasteiger partial charge is 0.163 e. The molecule has 0 radical (unpaired) electrons. The van der Waals surface area contributed by atoms with E-state index in [1.807, 2.05) is 36.4 Å². The van der Waals surface area contributed by atoms with E-state index in [-0.39, 0.29) is 0 Å². The van der Waals surface area contributed by atoms with E-state index in [0.29, 0.717) is 44.6 Å². The van der Waals surface area contributed by atoms with Crippen molar-refractivity contribution in [2.24, 2.45) is 4.99 Å². The molecule has 1 aliphatic heterocycles. The van der Waals surface area contributed by atoms with Crippen LogP contribution in [0.2, 0.25) is 0 Å². The maximum atomic E-state index is 5.88. The van der Waals surface area contributed by atoms with Crippen molar-refractivity contribution in [2.75, 3.05) is 57.9 Å². The number of hydrogen-bond donors (Lipinski definition) is 2. The maximum Gasteiger partial charge on any atom is 0.163 e. The van der Waals surface area contributed by atoms with Crippen molar-refractivity contribution in [3.05, 3.63) is 47.5 Å². The molecule has 2 aromatic carbocycles. The van der Waals surface area contributed by atoms with E-state index in [4.69, 9.17) is 25.4 Å². The Morgan fingerprint density at radius 2 is 1.76 bits per heavy atom. The summed E-state index contributed by atoms with van der Waals surface area (Å²) < 4.78 is 21.9. The molecule has 0 fully saturated rings. The van der Waals surface area contributed by atoms with Gasteiger partial charge >= 0.3 is 0 Å². The monoisotopic (exact) mass is 395 g/mol. The Bertz CT molecular complexity index is 905. The molecular weight excluding hydrogens is 370 g/mol. The Morgan fingerprint density at radius 3 is 2.45 bits per heavy atom. The Kier molecular flexibility index (Phi) is 7.34. The van der Waals surface area contributed by atoms with Crippen molar-refractivity contribution in [3.63, 3.8) is 0 Å². The molecule has 0 bridgehead atoms. The van der Waals surface area contributed by atoms with Gasteiger partial charge in [0.1, 0.15) is 25.7 Å². The zero-order valence-corrected chi connectivity index (χ0v) is 16.7. The van der Waals surface area contributed by atoms with Gasteiger partial charge in [0.2, 0.25) is 0 Å². The Labute approximate surface area is 171 Å². The lowest BCUT2D eigenvalue weighted by Crippen LogP contribution is -2.23. The van der Waals surface area contributed by atoms with Crippen LogP contribution in [0.1, 0.15) is 11.1 Å². The fourth-order valence-electron chi connectivity index (χ4n) is 2.82. The molecule has 0 saturated carbocycles. The molecular formula is C22H25N3O4. The molecule has 0 unspecified atom stereocenters. The molecule has 0 amide bonds. The van der Waals surface area contributed by atoms with E-state index in [9.17, 15) is 0 Å². The molecule has 1 heterocycles.